The molecule has 154 valence electrons. The summed E-state index contributed by atoms with van der Waals surface area (Å²) in [6.07, 6.45) is 5.93. The minimum absolute atomic E-state index is 0.0333. The highest BCUT2D eigenvalue weighted by Crippen LogP contribution is 2.24. The van der Waals surface area contributed by atoms with Crippen molar-refractivity contribution < 1.29 is 18.8 Å². The molecule has 8 heteroatoms. The summed E-state index contributed by atoms with van der Waals surface area (Å²) >= 11 is 0. The van der Waals surface area contributed by atoms with E-state index in [9.17, 15) is 14.4 Å². The normalized spacial score (nSPS) is 20.9. The number of carbonyl (C=O) groups excluding carboxylic acids is 3. The number of carbonyl (C=O) groups is 3. The van der Waals surface area contributed by atoms with Crippen molar-refractivity contribution in [2.24, 2.45) is 0 Å². The van der Waals surface area contributed by atoms with Gasteiger partial charge in [-0.25, -0.2) is 4.79 Å². The number of furan rings is 1. The molecule has 0 radical (unpaired) electrons. The predicted molar refractivity (Wildman–Crippen MR) is 103 cm³/mol. The van der Waals surface area contributed by atoms with E-state index in [1.165, 1.54) is 11.3 Å². The summed E-state index contributed by atoms with van der Waals surface area (Å²) in [6, 6.07) is 3.46. The van der Waals surface area contributed by atoms with Gasteiger partial charge in [-0.1, -0.05) is 6.42 Å². The lowest BCUT2D eigenvalue weighted by Crippen LogP contribution is -2.41. The second-order valence-electron chi connectivity index (χ2n) is 8.05. The molecule has 2 saturated heterocycles. The summed E-state index contributed by atoms with van der Waals surface area (Å²) in [4.78, 5) is 39.9. The van der Waals surface area contributed by atoms with E-state index in [1.807, 2.05) is 12.1 Å². The zero-order chi connectivity index (χ0) is 20.1. The molecule has 1 aromatic rings. The van der Waals surface area contributed by atoms with Crippen molar-refractivity contribution in [3.05, 3.63) is 24.2 Å². The number of urea groups is 1. The maximum Gasteiger partial charge on any atom is 0.325 e. The molecule has 28 heavy (non-hydrogen) atoms. The van der Waals surface area contributed by atoms with E-state index in [-0.39, 0.29) is 30.8 Å². The molecule has 3 rings (SSSR count). The largest absolute Gasteiger partial charge is 0.468 e. The van der Waals surface area contributed by atoms with Crippen LogP contribution in [0.3, 0.4) is 0 Å². The maximum atomic E-state index is 12.3. The third-order valence-corrected chi connectivity index (χ3v) is 5.43. The molecule has 4 amide bonds. The van der Waals surface area contributed by atoms with Crippen molar-refractivity contribution in [2.45, 2.75) is 57.5 Å². The molecule has 0 spiro atoms. The second-order valence-corrected chi connectivity index (χ2v) is 8.05. The molecular weight excluding hydrogens is 360 g/mol. The molecule has 1 unspecified atom stereocenters. The molecule has 3 heterocycles. The van der Waals surface area contributed by atoms with E-state index >= 15 is 0 Å². The summed E-state index contributed by atoms with van der Waals surface area (Å²) in [5, 5.41) is 5.63. The fourth-order valence-electron chi connectivity index (χ4n) is 3.84. The van der Waals surface area contributed by atoms with Crippen LogP contribution in [0.5, 0.6) is 0 Å². The van der Waals surface area contributed by atoms with Gasteiger partial charge in [0.2, 0.25) is 5.91 Å². The highest BCUT2D eigenvalue weighted by molar-refractivity contribution is 6.06. The SMILES string of the molecule is CC1(C)NC(=O)N(CCCC(=O)NCC(c2ccco2)N2CCCCC2)C1=O. The van der Waals surface area contributed by atoms with Crippen molar-refractivity contribution in [3.63, 3.8) is 0 Å². The lowest BCUT2D eigenvalue weighted by atomic mass is 10.1. The quantitative estimate of drug-likeness (QED) is 0.663. The van der Waals surface area contributed by atoms with Crippen LogP contribution in [-0.4, -0.2) is 59.4 Å². The molecule has 2 fully saturated rings. The molecule has 1 aromatic heterocycles. The van der Waals surface area contributed by atoms with Crippen LogP contribution in [0.15, 0.2) is 22.8 Å². The molecule has 0 aromatic carbocycles. The number of hydrogen-bond donors (Lipinski definition) is 2. The number of amides is 4. The van der Waals surface area contributed by atoms with Gasteiger partial charge in [0.05, 0.1) is 12.3 Å². The predicted octanol–water partition coefficient (Wildman–Crippen LogP) is 2.03. The van der Waals surface area contributed by atoms with Gasteiger partial charge < -0.3 is 15.1 Å². The molecular formula is C20H30N4O4. The Hall–Kier alpha value is -2.35. The first-order chi connectivity index (χ1) is 13.4. The van der Waals surface area contributed by atoms with E-state index in [2.05, 4.69) is 15.5 Å². The van der Waals surface area contributed by atoms with Gasteiger partial charge in [-0.2, -0.15) is 0 Å². The number of nitrogens with one attached hydrogen (secondary N) is 2. The van der Waals surface area contributed by atoms with E-state index < -0.39 is 11.6 Å². The standard InChI is InChI=1S/C20H30N4O4/c1-20(2)18(26)24(19(27)22-20)12-6-9-17(25)21-14-15(16-8-7-13-28-16)23-10-4-3-5-11-23/h7-8,13,15H,3-6,9-12,14H2,1-2H3,(H,21,25)(H,22,27). The highest BCUT2D eigenvalue weighted by Gasteiger charge is 2.43. The maximum absolute atomic E-state index is 12.3. The van der Waals surface area contributed by atoms with E-state index in [1.54, 1.807) is 20.1 Å². The number of imide groups is 1. The first kappa shape index (κ1) is 20.4. The Bertz CT molecular complexity index is 695. The van der Waals surface area contributed by atoms with Crippen LogP contribution in [0.1, 0.15) is 57.8 Å². The number of likely N-dealkylation sites (tertiary alicyclic amines) is 1. The van der Waals surface area contributed by atoms with Gasteiger partial charge in [-0.05, 0) is 58.3 Å². The second kappa shape index (κ2) is 8.77. The van der Waals surface area contributed by atoms with Crippen LogP contribution in [0.25, 0.3) is 0 Å². The minimum atomic E-state index is -0.871. The van der Waals surface area contributed by atoms with Gasteiger partial charge in [0, 0.05) is 19.5 Å². The minimum Gasteiger partial charge on any atom is -0.468 e. The molecule has 8 nitrogen and oxygen atoms in total. The highest BCUT2D eigenvalue weighted by atomic mass is 16.3. The topological polar surface area (TPSA) is 94.9 Å². The van der Waals surface area contributed by atoms with E-state index in [0.29, 0.717) is 13.0 Å². The first-order valence-electron chi connectivity index (χ1n) is 10.1. The molecule has 0 bridgehead atoms. The van der Waals surface area contributed by atoms with E-state index in [4.69, 9.17) is 4.42 Å². The van der Waals surface area contributed by atoms with E-state index in [0.717, 1.165) is 31.7 Å². The number of piperidine rings is 1. The molecule has 0 saturated carbocycles. The summed E-state index contributed by atoms with van der Waals surface area (Å²) < 4.78 is 5.59. The van der Waals surface area contributed by atoms with Crippen LogP contribution in [0.4, 0.5) is 4.79 Å². The summed E-state index contributed by atoms with van der Waals surface area (Å²) in [6.45, 7) is 6.09. The van der Waals surface area contributed by atoms with Crippen molar-refractivity contribution >= 4 is 17.8 Å². The Morgan fingerprint density at radius 2 is 2.04 bits per heavy atom. The van der Waals surface area contributed by atoms with Gasteiger partial charge >= 0.3 is 6.03 Å². The molecule has 0 aliphatic carbocycles. The zero-order valence-corrected chi connectivity index (χ0v) is 16.7. The van der Waals surface area contributed by atoms with Gasteiger partial charge in [0.25, 0.3) is 5.91 Å². The Morgan fingerprint density at radius 1 is 1.29 bits per heavy atom. The van der Waals surface area contributed by atoms with Gasteiger partial charge in [0.15, 0.2) is 0 Å². The molecule has 1 atom stereocenters. The fourth-order valence-corrected chi connectivity index (χ4v) is 3.84. The first-order valence-corrected chi connectivity index (χ1v) is 10.1. The Kier molecular flexibility index (Phi) is 6.39. The monoisotopic (exact) mass is 390 g/mol. The van der Waals surface area contributed by atoms with Crippen LogP contribution >= 0.6 is 0 Å². The number of nitrogens with zero attached hydrogens (tertiary/aromatic N) is 2. The number of rotatable bonds is 8. The van der Waals surface area contributed by atoms with Crippen LogP contribution in [0.2, 0.25) is 0 Å². The Labute approximate surface area is 165 Å². The third kappa shape index (κ3) is 4.73. The zero-order valence-electron chi connectivity index (χ0n) is 16.7. The molecule has 2 aliphatic rings. The lowest BCUT2D eigenvalue weighted by molar-refractivity contribution is -0.130. The average molecular weight is 390 g/mol. The third-order valence-electron chi connectivity index (χ3n) is 5.43. The lowest BCUT2D eigenvalue weighted by Gasteiger charge is -2.33. The molecule has 2 N–H and O–H groups in total. The average Bonchev–Trinajstić information content (AvgIpc) is 3.25. The van der Waals surface area contributed by atoms with Crippen molar-refractivity contribution in [3.8, 4) is 0 Å². The van der Waals surface area contributed by atoms with Crippen molar-refractivity contribution in [1.82, 2.24) is 20.4 Å². The molecule has 2 aliphatic heterocycles. The smallest absolute Gasteiger partial charge is 0.325 e. The Balaban J connectivity index is 1.46. The van der Waals surface area contributed by atoms with Gasteiger partial charge in [0.1, 0.15) is 11.3 Å². The summed E-state index contributed by atoms with van der Waals surface area (Å²) in [5.41, 5.74) is -0.871. The summed E-state index contributed by atoms with van der Waals surface area (Å²) in [7, 11) is 0. The summed E-state index contributed by atoms with van der Waals surface area (Å²) in [5.74, 6) is 0.532. The van der Waals surface area contributed by atoms with Crippen molar-refractivity contribution in [2.75, 3.05) is 26.2 Å². The van der Waals surface area contributed by atoms with Crippen LogP contribution in [-0.2, 0) is 9.59 Å². The number of hydrogen-bond acceptors (Lipinski definition) is 5. The van der Waals surface area contributed by atoms with Gasteiger partial charge in [-0.3, -0.25) is 19.4 Å². The fraction of sp³-hybridized carbons (Fsp3) is 0.650. The van der Waals surface area contributed by atoms with Crippen LogP contribution < -0.4 is 10.6 Å². The van der Waals surface area contributed by atoms with Crippen molar-refractivity contribution in [1.29, 1.82) is 0 Å². The van der Waals surface area contributed by atoms with Crippen LogP contribution in [0, 0.1) is 0 Å². The van der Waals surface area contributed by atoms with Gasteiger partial charge in [-0.15, -0.1) is 0 Å². The Morgan fingerprint density at radius 3 is 2.64 bits per heavy atom.